The van der Waals surface area contributed by atoms with E-state index in [0.29, 0.717) is 32.2 Å². The summed E-state index contributed by atoms with van der Waals surface area (Å²) in [4.78, 5) is 143. The molecule has 25 heteroatoms. The molecule has 0 aromatic heterocycles. The summed E-state index contributed by atoms with van der Waals surface area (Å²) in [6.07, 6.45) is 1.10. The topological polar surface area (TPSA) is 392 Å². The molecular formula is C43H74N12O13. The van der Waals surface area contributed by atoms with Gasteiger partial charge in [0.1, 0.15) is 42.3 Å². The van der Waals surface area contributed by atoms with Crippen LogP contribution in [-0.4, -0.2) is 167 Å². The zero-order valence-electron chi connectivity index (χ0n) is 39.9. The number of nitrogens with zero attached hydrogens (tertiary/aromatic N) is 1. The molecule has 2 heterocycles. The number of hydrogen-bond donors (Lipinski definition) is 13. The zero-order chi connectivity index (χ0) is 51.2. The molecule has 15 N–H and O–H groups in total. The first-order valence-corrected chi connectivity index (χ1v) is 23.2. The third kappa shape index (κ3) is 20.5. The molecule has 9 atom stereocenters. The third-order valence-electron chi connectivity index (χ3n) is 11.2. The number of nitrogens with one attached hydrogen (secondary N) is 9. The quantitative estimate of drug-likeness (QED) is 0.0314. The molecule has 10 amide bonds. The highest BCUT2D eigenvalue weighted by atomic mass is 16.4. The highest BCUT2D eigenvalue weighted by Gasteiger charge is 2.37. The summed E-state index contributed by atoms with van der Waals surface area (Å²) in [5.41, 5.74) is 10.8. The lowest BCUT2D eigenvalue weighted by atomic mass is 10.0. The SMILES string of the molecule is CC(C)C[C@H](NC(=O)CNC(=O)[C@H](CC(C)C)NC(=O)C(CCC(N)=O)NC(=O)[C@H](C)NC(=O)[C@H]1C[C@H](O)CN1)C(=O)N[C@@H](C)C(=O)NCC(=O)N1CCC[C@H]1C(=O)N[C@@H](CCCCN)C(=O)O. The Labute approximate surface area is 396 Å². The van der Waals surface area contributed by atoms with Crippen molar-refractivity contribution in [3.63, 3.8) is 0 Å². The molecule has 2 aliphatic rings. The van der Waals surface area contributed by atoms with E-state index >= 15 is 0 Å². The van der Waals surface area contributed by atoms with Gasteiger partial charge in [-0.1, -0.05) is 27.7 Å². The number of nitrogens with two attached hydrogens (primary N) is 2. The summed E-state index contributed by atoms with van der Waals surface area (Å²) in [5, 5.41) is 42.1. The van der Waals surface area contributed by atoms with Crippen LogP contribution in [-0.2, 0) is 52.7 Å². The predicted octanol–water partition coefficient (Wildman–Crippen LogP) is -4.55. The molecule has 25 nitrogen and oxygen atoms in total. The van der Waals surface area contributed by atoms with E-state index in [9.17, 15) is 63.0 Å². The highest BCUT2D eigenvalue weighted by molar-refractivity contribution is 5.97. The Balaban J connectivity index is 2.00. The van der Waals surface area contributed by atoms with Gasteiger partial charge in [0.05, 0.1) is 25.2 Å². The van der Waals surface area contributed by atoms with Crippen LogP contribution in [0.15, 0.2) is 0 Å². The summed E-state index contributed by atoms with van der Waals surface area (Å²) in [7, 11) is 0. The second kappa shape index (κ2) is 29.1. The first-order valence-electron chi connectivity index (χ1n) is 23.2. The van der Waals surface area contributed by atoms with Gasteiger partial charge in [0.2, 0.25) is 59.1 Å². The number of β-amino-alcohol motifs (C(OH)–C–C–N with tert-alkyl or cyclic N) is 1. The van der Waals surface area contributed by atoms with Crippen molar-refractivity contribution in [2.75, 3.05) is 32.7 Å². The van der Waals surface area contributed by atoms with Crippen LogP contribution in [0.2, 0.25) is 0 Å². The predicted molar refractivity (Wildman–Crippen MR) is 244 cm³/mol. The van der Waals surface area contributed by atoms with Crippen LogP contribution >= 0.6 is 0 Å². The van der Waals surface area contributed by atoms with Gasteiger partial charge in [-0.05, 0) is 90.0 Å². The van der Waals surface area contributed by atoms with Crippen LogP contribution in [0, 0.1) is 11.8 Å². The van der Waals surface area contributed by atoms with E-state index in [-0.39, 0.29) is 63.5 Å². The minimum atomic E-state index is -1.36. The average Bonchev–Trinajstić information content (AvgIpc) is 3.94. The van der Waals surface area contributed by atoms with Gasteiger partial charge >= 0.3 is 5.97 Å². The largest absolute Gasteiger partial charge is 0.480 e. The van der Waals surface area contributed by atoms with Gasteiger partial charge in [-0.25, -0.2) is 4.79 Å². The van der Waals surface area contributed by atoms with E-state index in [4.69, 9.17) is 11.5 Å². The van der Waals surface area contributed by atoms with Gasteiger partial charge in [0, 0.05) is 19.5 Å². The van der Waals surface area contributed by atoms with Crippen molar-refractivity contribution in [1.82, 2.24) is 52.8 Å². The molecule has 2 saturated heterocycles. The monoisotopic (exact) mass is 967 g/mol. The molecule has 0 saturated carbocycles. The molecule has 2 rings (SSSR count). The number of carboxylic acid groups (broad SMARTS) is 1. The number of aliphatic hydroxyl groups is 1. The van der Waals surface area contributed by atoms with E-state index < -0.39 is 133 Å². The third-order valence-corrected chi connectivity index (χ3v) is 11.2. The van der Waals surface area contributed by atoms with Crippen molar-refractivity contribution < 1.29 is 63.0 Å². The normalized spacial score (nSPS) is 19.3. The second-order valence-corrected chi connectivity index (χ2v) is 18.2. The van der Waals surface area contributed by atoms with Crippen molar-refractivity contribution in [3.05, 3.63) is 0 Å². The van der Waals surface area contributed by atoms with Crippen molar-refractivity contribution in [2.45, 2.75) is 160 Å². The van der Waals surface area contributed by atoms with Crippen LogP contribution in [0.25, 0.3) is 0 Å². The number of aliphatic carboxylic acids is 1. The molecular weight excluding hydrogens is 893 g/mol. The number of carbonyl (C=O) groups excluding carboxylic acids is 10. The second-order valence-electron chi connectivity index (χ2n) is 18.2. The van der Waals surface area contributed by atoms with Gasteiger partial charge in [0.15, 0.2) is 0 Å². The number of amides is 10. The summed E-state index contributed by atoms with van der Waals surface area (Å²) >= 11 is 0. The number of likely N-dealkylation sites (tertiary alicyclic amines) is 1. The fourth-order valence-corrected chi connectivity index (χ4v) is 7.52. The fraction of sp³-hybridized carbons (Fsp3) is 0.744. The molecule has 0 bridgehead atoms. The molecule has 2 aliphatic heterocycles. The smallest absolute Gasteiger partial charge is 0.326 e. The first-order chi connectivity index (χ1) is 31.9. The lowest BCUT2D eigenvalue weighted by Crippen LogP contribution is -2.58. The number of primary amides is 1. The lowest BCUT2D eigenvalue weighted by molar-refractivity contribution is -0.144. The minimum Gasteiger partial charge on any atom is -0.480 e. The van der Waals surface area contributed by atoms with E-state index in [2.05, 4.69) is 47.9 Å². The Morgan fingerprint density at radius 1 is 0.662 bits per heavy atom. The highest BCUT2D eigenvalue weighted by Crippen LogP contribution is 2.18. The Bertz CT molecular complexity index is 1800. The number of carboxylic acids is 1. The fourth-order valence-electron chi connectivity index (χ4n) is 7.52. The molecule has 0 aromatic rings. The van der Waals surface area contributed by atoms with Gasteiger partial charge in [-0.3, -0.25) is 47.9 Å². The Morgan fingerprint density at radius 2 is 1.25 bits per heavy atom. The standard InChI is InChI=1S/C43H74N12O13/c1-22(2)16-30(54-39(63)27(12-13-33(45)57)52-37(61)25(6)50-40(64)29-18-26(56)19-46-29)38(62)47-20-34(58)51-31(17-23(3)4)41(65)49-24(5)36(60)48-21-35(59)55-15-9-11-32(55)42(66)53-28(43(67)68)10-7-8-14-44/h22-32,46,56H,7-21,44H2,1-6H3,(H2,45,57)(H,47,62)(H,48,60)(H,49,65)(H,50,64)(H,51,58)(H,52,61)(H,53,66)(H,54,63)(H,67,68)/t24-,25-,26-,27?,28-,29+,30-,31-,32-/m0/s1. The summed E-state index contributed by atoms with van der Waals surface area (Å²) in [6.45, 7) is 9.53. The van der Waals surface area contributed by atoms with Crippen LogP contribution < -0.4 is 59.3 Å². The van der Waals surface area contributed by atoms with E-state index in [1.807, 2.05) is 0 Å². The van der Waals surface area contributed by atoms with Gasteiger partial charge in [-0.15, -0.1) is 0 Å². The first kappa shape index (κ1) is 58.2. The summed E-state index contributed by atoms with van der Waals surface area (Å²) in [5.74, 6) is -8.66. The number of carbonyl (C=O) groups is 11. The van der Waals surface area contributed by atoms with Gasteiger partial charge in [-0.2, -0.15) is 0 Å². The van der Waals surface area contributed by atoms with Crippen LogP contribution in [0.4, 0.5) is 0 Å². The average molecular weight is 967 g/mol. The molecule has 0 aliphatic carbocycles. The van der Waals surface area contributed by atoms with Crippen LogP contribution in [0.5, 0.6) is 0 Å². The van der Waals surface area contributed by atoms with Gasteiger partial charge < -0.3 is 74.4 Å². The molecule has 0 spiro atoms. The molecule has 1 unspecified atom stereocenters. The number of unbranched alkanes of at least 4 members (excludes halogenated alkanes) is 1. The Morgan fingerprint density at radius 3 is 1.82 bits per heavy atom. The van der Waals surface area contributed by atoms with E-state index in [1.54, 1.807) is 27.7 Å². The van der Waals surface area contributed by atoms with Crippen molar-refractivity contribution in [3.8, 4) is 0 Å². The Kier molecular flexibility index (Phi) is 24.9. The van der Waals surface area contributed by atoms with Crippen molar-refractivity contribution in [1.29, 1.82) is 0 Å². The summed E-state index contributed by atoms with van der Waals surface area (Å²) in [6, 6.07) is -8.88. The lowest BCUT2D eigenvalue weighted by Gasteiger charge is -2.26. The molecule has 0 radical (unpaired) electrons. The molecule has 2 fully saturated rings. The number of rotatable bonds is 29. The number of aliphatic hydroxyl groups excluding tert-OH is 1. The van der Waals surface area contributed by atoms with E-state index in [1.165, 1.54) is 18.7 Å². The maximum absolute atomic E-state index is 13.5. The zero-order valence-corrected chi connectivity index (χ0v) is 39.9. The molecule has 0 aromatic carbocycles. The summed E-state index contributed by atoms with van der Waals surface area (Å²) < 4.78 is 0. The van der Waals surface area contributed by atoms with Crippen LogP contribution in [0.3, 0.4) is 0 Å². The van der Waals surface area contributed by atoms with Gasteiger partial charge in [0.25, 0.3) is 0 Å². The maximum atomic E-state index is 13.5. The maximum Gasteiger partial charge on any atom is 0.326 e. The Hall–Kier alpha value is -5.95. The minimum absolute atomic E-state index is 0.0867. The molecule has 68 heavy (non-hydrogen) atoms. The van der Waals surface area contributed by atoms with Crippen LogP contribution in [0.1, 0.15) is 106 Å². The van der Waals surface area contributed by atoms with Crippen molar-refractivity contribution in [2.24, 2.45) is 23.3 Å². The van der Waals surface area contributed by atoms with E-state index in [0.717, 1.165) is 0 Å². The van der Waals surface area contributed by atoms with Crippen molar-refractivity contribution >= 4 is 65.0 Å². The molecule has 384 valence electrons. The number of hydrogen-bond acceptors (Lipinski definition) is 14.